The van der Waals surface area contributed by atoms with Crippen LogP contribution in [-0.4, -0.2) is 27.4 Å². The molecule has 2 N–H and O–H groups in total. The van der Waals surface area contributed by atoms with Gasteiger partial charge < -0.3 is 10.6 Å². The minimum atomic E-state index is -0.0617. The lowest BCUT2D eigenvalue weighted by Gasteiger charge is -2.18. The Kier molecular flexibility index (Phi) is 6.26. The quantitative estimate of drug-likeness (QED) is 0.757. The zero-order valence-corrected chi connectivity index (χ0v) is 15.6. The summed E-state index contributed by atoms with van der Waals surface area (Å²) in [6.45, 7) is 6.60. The molecule has 1 amide bonds. The molecular weight excluding hydrogens is 352 g/mol. The van der Waals surface area contributed by atoms with Crippen LogP contribution in [0.4, 0.5) is 5.13 Å². The molecule has 0 atom stereocenters. The Morgan fingerprint density at radius 3 is 2.74 bits per heavy atom. The van der Waals surface area contributed by atoms with Crippen LogP contribution in [0.2, 0.25) is 5.02 Å². The molecule has 2 rings (SSSR count). The largest absolute Gasteiger partial charge is 0.355 e. The van der Waals surface area contributed by atoms with Crippen molar-refractivity contribution in [2.45, 2.75) is 37.2 Å². The molecule has 0 spiro atoms. The third kappa shape index (κ3) is 6.37. The van der Waals surface area contributed by atoms with Crippen LogP contribution in [0.3, 0.4) is 0 Å². The van der Waals surface area contributed by atoms with E-state index in [0.29, 0.717) is 17.3 Å². The first kappa shape index (κ1) is 18.0. The number of carbonyl (C=O) groups excluding carboxylic acids is 1. The minimum absolute atomic E-state index is 0.0598. The molecule has 2 aromatic rings. The van der Waals surface area contributed by atoms with Crippen molar-refractivity contribution in [2.24, 2.45) is 0 Å². The average Bonchev–Trinajstić information content (AvgIpc) is 2.89. The summed E-state index contributed by atoms with van der Waals surface area (Å²) < 4.78 is 0.768. The number of hydrogen-bond acceptors (Lipinski definition) is 6. The molecular formula is C15H19ClN4OS2. The molecule has 0 aliphatic carbocycles. The lowest BCUT2D eigenvalue weighted by molar-refractivity contribution is -0.118. The Morgan fingerprint density at radius 1 is 1.30 bits per heavy atom. The first-order valence-corrected chi connectivity index (χ1v) is 9.26. The van der Waals surface area contributed by atoms with Crippen molar-refractivity contribution in [2.75, 3.05) is 11.1 Å². The number of carbonyl (C=O) groups is 1. The van der Waals surface area contributed by atoms with Gasteiger partial charge in [-0.3, -0.25) is 4.79 Å². The van der Waals surface area contributed by atoms with E-state index in [9.17, 15) is 4.79 Å². The van der Waals surface area contributed by atoms with Crippen molar-refractivity contribution in [1.82, 2.24) is 15.5 Å². The van der Waals surface area contributed by atoms with Gasteiger partial charge >= 0.3 is 0 Å². The number of rotatable bonds is 6. The predicted molar refractivity (Wildman–Crippen MR) is 97.3 cm³/mol. The predicted octanol–water partition coefficient (Wildman–Crippen LogP) is 3.81. The van der Waals surface area contributed by atoms with Crippen LogP contribution in [-0.2, 0) is 11.3 Å². The van der Waals surface area contributed by atoms with Crippen molar-refractivity contribution in [3.05, 3.63) is 34.9 Å². The summed E-state index contributed by atoms with van der Waals surface area (Å²) >= 11 is 8.88. The van der Waals surface area contributed by atoms with E-state index in [-0.39, 0.29) is 11.4 Å². The standard InChI is InChI=1S/C15H19ClN4OS2/c1-15(2,3)18-13-19-20-14(23-13)22-9-12(21)17-8-10-6-4-5-7-11(10)16/h4-7H,8-9H2,1-3H3,(H,17,21)(H,18,19). The highest BCUT2D eigenvalue weighted by Crippen LogP contribution is 2.27. The van der Waals surface area contributed by atoms with E-state index in [1.165, 1.54) is 23.1 Å². The maximum Gasteiger partial charge on any atom is 0.230 e. The Hall–Kier alpha value is -1.31. The SMILES string of the molecule is CC(C)(C)Nc1nnc(SCC(=O)NCc2ccccc2Cl)s1. The smallest absolute Gasteiger partial charge is 0.230 e. The van der Waals surface area contributed by atoms with E-state index in [2.05, 4.69) is 41.6 Å². The van der Waals surface area contributed by atoms with Gasteiger partial charge in [-0.05, 0) is 32.4 Å². The molecule has 0 aliphatic heterocycles. The van der Waals surface area contributed by atoms with Crippen molar-refractivity contribution in [3.8, 4) is 0 Å². The fourth-order valence-electron chi connectivity index (χ4n) is 1.65. The van der Waals surface area contributed by atoms with Crippen LogP contribution in [0.15, 0.2) is 28.6 Å². The summed E-state index contributed by atoms with van der Waals surface area (Å²) in [5.74, 6) is 0.240. The highest BCUT2D eigenvalue weighted by molar-refractivity contribution is 8.01. The van der Waals surface area contributed by atoms with Crippen LogP contribution in [0.5, 0.6) is 0 Å². The topological polar surface area (TPSA) is 66.9 Å². The minimum Gasteiger partial charge on any atom is -0.355 e. The molecule has 1 aromatic heterocycles. The van der Waals surface area contributed by atoms with Gasteiger partial charge in [0, 0.05) is 17.1 Å². The normalized spacial score (nSPS) is 11.3. The van der Waals surface area contributed by atoms with Gasteiger partial charge in [0.05, 0.1) is 5.75 Å². The van der Waals surface area contributed by atoms with Crippen molar-refractivity contribution >= 4 is 45.7 Å². The number of benzene rings is 1. The van der Waals surface area contributed by atoms with Gasteiger partial charge in [-0.2, -0.15) is 0 Å². The van der Waals surface area contributed by atoms with Crippen LogP contribution in [0, 0.1) is 0 Å². The molecule has 0 bridgehead atoms. The lowest BCUT2D eigenvalue weighted by atomic mass is 10.1. The summed E-state index contributed by atoms with van der Waals surface area (Å²) in [6.07, 6.45) is 0. The van der Waals surface area contributed by atoms with Crippen molar-refractivity contribution in [1.29, 1.82) is 0 Å². The number of nitrogens with zero attached hydrogens (tertiary/aromatic N) is 2. The van der Waals surface area contributed by atoms with Crippen LogP contribution >= 0.6 is 34.7 Å². The first-order chi connectivity index (χ1) is 10.8. The van der Waals surface area contributed by atoms with Gasteiger partial charge in [0.1, 0.15) is 0 Å². The van der Waals surface area contributed by atoms with Crippen molar-refractivity contribution < 1.29 is 4.79 Å². The Labute approximate surface area is 149 Å². The molecule has 0 unspecified atom stereocenters. The third-order valence-corrected chi connectivity index (χ3v) is 4.99. The fraction of sp³-hybridized carbons (Fsp3) is 0.400. The van der Waals surface area contributed by atoms with Gasteiger partial charge in [0.15, 0.2) is 4.34 Å². The first-order valence-electron chi connectivity index (χ1n) is 7.08. The molecule has 0 saturated carbocycles. The third-order valence-electron chi connectivity index (χ3n) is 2.65. The van der Waals surface area contributed by atoms with E-state index in [4.69, 9.17) is 11.6 Å². The molecule has 23 heavy (non-hydrogen) atoms. The Morgan fingerprint density at radius 2 is 2.04 bits per heavy atom. The summed E-state index contributed by atoms with van der Waals surface area (Å²) in [5, 5.41) is 15.7. The molecule has 5 nitrogen and oxygen atoms in total. The van der Waals surface area contributed by atoms with Crippen LogP contribution in [0.25, 0.3) is 0 Å². The number of thioether (sulfide) groups is 1. The molecule has 0 aliphatic rings. The fourth-order valence-corrected chi connectivity index (χ4v) is 3.65. The molecule has 0 radical (unpaired) electrons. The highest BCUT2D eigenvalue weighted by Gasteiger charge is 2.14. The monoisotopic (exact) mass is 370 g/mol. The molecule has 0 fully saturated rings. The number of hydrogen-bond donors (Lipinski definition) is 2. The number of nitrogens with one attached hydrogen (secondary N) is 2. The van der Waals surface area contributed by atoms with Gasteiger partial charge in [-0.15, -0.1) is 10.2 Å². The molecule has 124 valence electrons. The molecule has 1 heterocycles. The summed E-state index contributed by atoms with van der Waals surface area (Å²) in [7, 11) is 0. The summed E-state index contributed by atoms with van der Waals surface area (Å²) in [6, 6.07) is 7.46. The average molecular weight is 371 g/mol. The Bertz CT molecular complexity index is 669. The van der Waals surface area contributed by atoms with Gasteiger partial charge in [-0.25, -0.2) is 0 Å². The lowest BCUT2D eigenvalue weighted by Crippen LogP contribution is -2.25. The number of anilines is 1. The summed E-state index contributed by atoms with van der Waals surface area (Å²) in [4.78, 5) is 11.9. The number of amides is 1. The van der Waals surface area contributed by atoms with E-state index in [0.717, 1.165) is 15.0 Å². The second-order valence-electron chi connectivity index (χ2n) is 5.90. The van der Waals surface area contributed by atoms with E-state index in [1.807, 2.05) is 24.3 Å². The number of halogens is 1. The molecule has 8 heteroatoms. The second kappa shape index (κ2) is 7.99. The van der Waals surface area contributed by atoms with Crippen LogP contribution in [0.1, 0.15) is 26.3 Å². The van der Waals surface area contributed by atoms with Crippen LogP contribution < -0.4 is 10.6 Å². The van der Waals surface area contributed by atoms with E-state index in [1.54, 1.807) is 0 Å². The zero-order chi connectivity index (χ0) is 16.9. The van der Waals surface area contributed by atoms with E-state index < -0.39 is 0 Å². The second-order valence-corrected chi connectivity index (χ2v) is 8.51. The molecule has 1 aromatic carbocycles. The summed E-state index contributed by atoms with van der Waals surface area (Å²) in [5.41, 5.74) is 0.841. The number of aromatic nitrogens is 2. The van der Waals surface area contributed by atoms with Gasteiger partial charge in [0.2, 0.25) is 11.0 Å². The maximum absolute atomic E-state index is 11.9. The van der Waals surface area contributed by atoms with Crippen molar-refractivity contribution in [3.63, 3.8) is 0 Å². The zero-order valence-electron chi connectivity index (χ0n) is 13.2. The Balaban J connectivity index is 1.77. The maximum atomic E-state index is 11.9. The van der Waals surface area contributed by atoms with E-state index >= 15 is 0 Å². The highest BCUT2D eigenvalue weighted by atomic mass is 35.5. The van der Waals surface area contributed by atoms with Gasteiger partial charge in [0.25, 0.3) is 0 Å². The van der Waals surface area contributed by atoms with Gasteiger partial charge in [-0.1, -0.05) is 52.9 Å². The molecule has 0 saturated heterocycles.